The molecule has 0 aromatic carbocycles. The van der Waals surface area contributed by atoms with Crippen molar-refractivity contribution in [3.63, 3.8) is 0 Å². The lowest BCUT2D eigenvalue weighted by Gasteiger charge is -2.24. The lowest BCUT2D eigenvalue weighted by Crippen LogP contribution is -2.31. The maximum Gasteiger partial charge on any atom is 0.251 e. The van der Waals surface area contributed by atoms with Gasteiger partial charge in [0.25, 0.3) is 5.56 Å². The first-order chi connectivity index (χ1) is 9.41. The number of nitrogens with zero attached hydrogens (tertiary/aromatic N) is 1. The van der Waals surface area contributed by atoms with Crippen LogP contribution in [0.4, 0.5) is 0 Å². The average molecular weight is 300 g/mol. The highest BCUT2D eigenvalue weighted by Gasteiger charge is 2.55. The Balaban J connectivity index is 1.98. The third-order valence-corrected chi connectivity index (χ3v) is 3.74. The molecule has 110 valence electrons. The molecule has 0 spiro atoms. The molecule has 2 fully saturated rings. The monoisotopic (exact) mass is 300 g/mol. The number of H-pyrrole nitrogens is 1. The molecule has 1 aromatic heterocycles. The van der Waals surface area contributed by atoms with Crippen LogP contribution in [0.15, 0.2) is 17.1 Å². The van der Waals surface area contributed by atoms with Gasteiger partial charge in [0.2, 0.25) is 0 Å². The van der Waals surface area contributed by atoms with Crippen LogP contribution >= 0.6 is 12.2 Å². The molecule has 0 bridgehead atoms. The SMILES string of the molecule is CC1(C)O[C@@H]2[C@@H](O1)[C@@H](CO)O[C@H]2n1ccc(=O)[nH]c1=S. The fourth-order valence-corrected chi connectivity index (χ4v) is 2.92. The number of fused-ring (bicyclic) bond motifs is 1. The van der Waals surface area contributed by atoms with Crippen molar-refractivity contribution in [3.05, 3.63) is 27.4 Å². The Hall–Kier alpha value is -1.06. The molecule has 20 heavy (non-hydrogen) atoms. The molecular formula is C12H16N2O5S. The van der Waals surface area contributed by atoms with Crippen molar-refractivity contribution in [3.8, 4) is 0 Å². The maximum atomic E-state index is 11.2. The molecule has 0 aliphatic carbocycles. The van der Waals surface area contributed by atoms with Gasteiger partial charge in [0.15, 0.2) is 16.8 Å². The van der Waals surface area contributed by atoms with E-state index in [-0.39, 0.29) is 29.1 Å². The molecule has 2 N–H and O–H groups in total. The number of aliphatic hydroxyl groups excluding tert-OH is 1. The number of rotatable bonds is 2. The maximum absolute atomic E-state index is 11.2. The first-order valence-electron chi connectivity index (χ1n) is 6.35. The first-order valence-corrected chi connectivity index (χ1v) is 6.75. The van der Waals surface area contributed by atoms with Crippen LogP contribution in [0, 0.1) is 4.77 Å². The topological polar surface area (TPSA) is 85.7 Å². The molecule has 0 amide bonds. The number of hydrogen-bond donors (Lipinski definition) is 2. The minimum Gasteiger partial charge on any atom is -0.394 e. The third-order valence-electron chi connectivity index (χ3n) is 3.43. The zero-order chi connectivity index (χ0) is 14.5. The van der Waals surface area contributed by atoms with Gasteiger partial charge < -0.3 is 19.3 Å². The summed E-state index contributed by atoms with van der Waals surface area (Å²) in [7, 11) is 0. The predicted molar refractivity (Wildman–Crippen MR) is 70.7 cm³/mol. The Kier molecular flexibility index (Phi) is 3.30. The van der Waals surface area contributed by atoms with Crippen molar-refractivity contribution in [1.29, 1.82) is 0 Å². The quantitative estimate of drug-likeness (QED) is 0.765. The van der Waals surface area contributed by atoms with Gasteiger partial charge >= 0.3 is 0 Å². The van der Waals surface area contributed by atoms with Gasteiger partial charge in [0, 0.05) is 12.3 Å². The van der Waals surface area contributed by atoms with Crippen LogP contribution in [0.25, 0.3) is 0 Å². The molecule has 3 rings (SSSR count). The molecular weight excluding hydrogens is 284 g/mol. The van der Waals surface area contributed by atoms with Gasteiger partial charge in [-0.25, -0.2) is 0 Å². The fraction of sp³-hybridized carbons (Fsp3) is 0.667. The normalized spacial score (nSPS) is 35.1. The van der Waals surface area contributed by atoms with E-state index < -0.39 is 18.1 Å². The number of aliphatic hydroxyl groups is 1. The van der Waals surface area contributed by atoms with E-state index in [0.29, 0.717) is 0 Å². The van der Waals surface area contributed by atoms with Gasteiger partial charge in [-0.3, -0.25) is 14.3 Å². The van der Waals surface area contributed by atoms with Crippen LogP contribution in [-0.4, -0.2) is 45.4 Å². The Morgan fingerprint density at radius 1 is 1.45 bits per heavy atom. The molecule has 1 aromatic rings. The van der Waals surface area contributed by atoms with E-state index in [0.717, 1.165) is 0 Å². The lowest BCUT2D eigenvalue weighted by molar-refractivity contribution is -0.200. The highest BCUT2D eigenvalue weighted by atomic mass is 32.1. The standard InChI is InChI=1S/C12H16N2O5S/c1-12(2)18-8-6(5-15)17-10(9(8)19-12)14-4-3-7(16)13-11(14)20/h3-4,6,8-10,15H,5H2,1-2H3,(H,13,16,20)/t6-,8+,9-,10-/m1/s1. The van der Waals surface area contributed by atoms with Crippen LogP contribution in [0.3, 0.4) is 0 Å². The second kappa shape index (κ2) is 4.74. The number of nitrogens with one attached hydrogen (secondary N) is 1. The molecule has 4 atom stereocenters. The van der Waals surface area contributed by atoms with Gasteiger partial charge in [0.1, 0.15) is 18.3 Å². The molecule has 8 heteroatoms. The summed E-state index contributed by atoms with van der Waals surface area (Å²) < 4.78 is 19.2. The second-order valence-electron chi connectivity index (χ2n) is 5.33. The minimum atomic E-state index is -0.741. The Morgan fingerprint density at radius 2 is 2.15 bits per heavy atom. The van der Waals surface area contributed by atoms with E-state index in [2.05, 4.69) is 4.98 Å². The van der Waals surface area contributed by atoms with Crippen molar-refractivity contribution < 1.29 is 19.3 Å². The van der Waals surface area contributed by atoms with Crippen molar-refractivity contribution in [2.75, 3.05) is 6.61 Å². The van der Waals surface area contributed by atoms with Gasteiger partial charge in [-0.05, 0) is 26.1 Å². The molecule has 2 aliphatic heterocycles. The van der Waals surface area contributed by atoms with Crippen LogP contribution in [-0.2, 0) is 14.2 Å². The Labute approximate surface area is 120 Å². The van der Waals surface area contributed by atoms with Crippen LogP contribution in [0.5, 0.6) is 0 Å². The smallest absolute Gasteiger partial charge is 0.251 e. The van der Waals surface area contributed by atoms with E-state index in [1.54, 1.807) is 10.8 Å². The predicted octanol–water partition coefficient (Wildman–Crippen LogP) is 0.316. The second-order valence-corrected chi connectivity index (χ2v) is 5.72. The van der Waals surface area contributed by atoms with Crippen molar-refractivity contribution in [2.24, 2.45) is 0 Å². The van der Waals surface area contributed by atoms with Gasteiger partial charge in [-0.15, -0.1) is 0 Å². The summed E-state index contributed by atoms with van der Waals surface area (Å²) in [6.45, 7) is 3.44. The first kappa shape index (κ1) is 13.9. The summed E-state index contributed by atoms with van der Waals surface area (Å²) >= 11 is 5.14. The largest absolute Gasteiger partial charge is 0.394 e. The molecule has 7 nitrogen and oxygen atoms in total. The van der Waals surface area contributed by atoms with E-state index in [1.807, 2.05) is 13.8 Å². The summed E-state index contributed by atoms with van der Waals surface area (Å²) in [6, 6.07) is 1.36. The summed E-state index contributed by atoms with van der Waals surface area (Å²) in [6.07, 6.45) is -0.227. The van der Waals surface area contributed by atoms with Gasteiger partial charge in [-0.1, -0.05) is 0 Å². The summed E-state index contributed by atoms with van der Waals surface area (Å²) in [5.41, 5.74) is -0.275. The summed E-state index contributed by atoms with van der Waals surface area (Å²) in [4.78, 5) is 13.8. The Bertz CT molecular complexity index is 625. The van der Waals surface area contributed by atoms with Gasteiger partial charge in [0.05, 0.1) is 6.61 Å². The van der Waals surface area contributed by atoms with Crippen LogP contribution < -0.4 is 5.56 Å². The molecule has 0 saturated carbocycles. The number of ether oxygens (including phenoxy) is 3. The molecule has 2 saturated heterocycles. The molecule has 2 aliphatic rings. The zero-order valence-electron chi connectivity index (χ0n) is 11.1. The van der Waals surface area contributed by atoms with E-state index in [9.17, 15) is 9.90 Å². The van der Waals surface area contributed by atoms with Crippen LogP contribution in [0.2, 0.25) is 0 Å². The molecule has 3 heterocycles. The molecule has 0 radical (unpaired) electrons. The van der Waals surface area contributed by atoms with Gasteiger partial charge in [-0.2, -0.15) is 0 Å². The summed E-state index contributed by atoms with van der Waals surface area (Å²) in [5.74, 6) is -0.741. The average Bonchev–Trinajstić information content (AvgIpc) is 2.83. The number of aromatic nitrogens is 2. The highest BCUT2D eigenvalue weighted by molar-refractivity contribution is 7.71. The zero-order valence-corrected chi connectivity index (χ0v) is 11.9. The van der Waals surface area contributed by atoms with Crippen molar-refractivity contribution in [2.45, 2.75) is 44.2 Å². The summed E-state index contributed by atoms with van der Waals surface area (Å²) in [5, 5.41) is 9.41. The Morgan fingerprint density at radius 3 is 2.80 bits per heavy atom. The minimum absolute atomic E-state index is 0.173. The van der Waals surface area contributed by atoms with Crippen LogP contribution in [0.1, 0.15) is 20.1 Å². The lowest BCUT2D eigenvalue weighted by atomic mass is 10.1. The number of hydrogen-bond acceptors (Lipinski definition) is 6. The van der Waals surface area contributed by atoms with E-state index in [4.69, 9.17) is 26.4 Å². The highest BCUT2D eigenvalue weighted by Crippen LogP contribution is 2.42. The third kappa shape index (κ3) is 2.23. The number of aromatic amines is 1. The van der Waals surface area contributed by atoms with E-state index >= 15 is 0 Å². The fourth-order valence-electron chi connectivity index (χ4n) is 2.66. The van der Waals surface area contributed by atoms with E-state index in [1.165, 1.54) is 6.07 Å². The van der Waals surface area contributed by atoms with Crippen molar-refractivity contribution >= 4 is 12.2 Å². The molecule has 0 unspecified atom stereocenters. The van der Waals surface area contributed by atoms with Crippen molar-refractivity contribution in [1.82, 2.24) is 9.55 Å².